The van der Waals surface area contributed by atoms with Crippen LogP contribution in [0.3, 0.4) is 0 Å². The Balaban J connectivity index is 1.40. The van der Waals surface area contributed by atoms with E-state index in [-0.39, 0.29) is 24.6 Å². The summed E-state index contributed by atoms with van der Waals surface area (Å²) in [6, 6.07) is 16.8. The Kier molecular flexibility index (Phi) is 4.53. The lowest BCUT2D eigenvalue weighted by atomic mass is 10.2. The summed E-state index contributed by atoms with van der Waals surface area (Å²) in [6.45, 7) is 0.103. The van der Waals surface area contributed by atoms with E-state index in [1.54, 1.807) is 4.57 Å². The van der Waals surface area contributed by atoms with Crippen LogP contribution in [0.1, 0.15) is 30.5 Å². The van der Waals surface area contributed by atoms with E-state index in [0.29, 0.717) is 34.4 Å². The first kappa shape index (κ1) is 19.4. The number of fused-ring (bicyclic) bond motifs is 3. The second-order valence-electron chi connectivity index (χ2n) is 8.21. The summed E-state index contributed by atoms with van der Waals surface area (Å²) in [5.41, 5.74) is 2.12. The van der Waals surface area contributed by atoms with Gasteiger partial charge in [-0.25, -0.2) is 4.98 Å². The number of para-hydroxylation sites is 2. The molecule has 1 N–H and O–H groups in total. The molecule has 9 nitrogen and oxygen atoms in total. The number of nitrogens with zero attached hydrogens (tertiary/aromatic N) is 5. The second kappa shape index (κ2) is 7.70. The van der Waals surface area contributed by atoms with Gasteiger partial charge in [0.15, 0.2) is 5.82 Å². The van der Waals surface area contributed by atoms with Gasteiger partial charge in [0, 0.05) is 17.0 Å². The summed E-state index contributed by atoms with van der Waals surface area (Å²) < 4.78 is 8.50. The molecular weight excluding hydrogens is 420 g/mol. The van der Waals surface area contributed by atoms with Gasteiger partial charge in [0.2, 0.25) is 11.8 Å². The molecule has 0 aliphatic heterocycles. The average molecular weight is 440 g/mol. The molecule has 3 heterocycles. The molecule has 1 amide bonds. The third-order valence-corrected chi connectivity index (χ3v) is 5.83. The van der Waals surface area contributed by atoms with Crippen molar-refractivity contribution in [3.63, 3.8) is 0 Å². The van der Waals surface area contributed by atoms with Gasteiger partial charge in [-0.05, 0) is 31.0 Å². The first-order valence-electron chi connectivity index (χ1n) is 10.8. The highest BCUT2D eigenvalue weighted by molar-refractivity contribution is 6.06. The van der Waals surface area contributed by atoms with Gasteiger partial charge in [-0.3, -0.25) is 14.2 Å². The van der Waals surface area contributed by atoms with E-state index >= 15 is 0 Å². The van der Waals surface area contributed by atoms with Crippen molar-refractivity contribution in [1.82, 2.24) is 24.3 Å². The third-order valence-electron chi connectivity index (χ3n) is 5.83. The molecule has 3 aromatic heterocycles. The molecule has 0 bridgehead atoms. The van der Waals surface area contributed by atoms with Crippen LogP contribution in [0, 0.1) is 0 Å². The van der Waals surface area contributed by atoms with Crippen molar-refractivity contribution in [2.45, 2.75) is 31.8 Å². The number of hydrogen-bond acceptors (Lipinski definition) is 6. The smallest absolute Gasteiger partial charge is 0.278 e. The highest BCUT2D eigenvalue weighted by Gasteiger charge is 2.29. The van der Waals surface area contributed by atoms with Gasteiger partial charge in [-0.15, -0.1) is 0 Å². The van der Waals surface area contributed by atoms with Crippen LogP contribution < -0.4 is 10.9 Å². The molecule has 0 atom stereocenters. The molecule has 9 heteroatoms. The molecule has 6 rings (SSSR count). The van der Waals surface area contributed by atoms with Gasteiger partial charge < -0.3 is 14.4 Å². The molecule has 1 saturated carbocycles. The Morgan fingerprint density at radius 3 is 2.70 bits per heavy atom. The van der Waals surface area contributed by atoms with Crippen molar-refractivity contribution in [2.75, 3.05) is 5.32 Å². The maximum absolute atomic E-state index is 13.5. The van der Waals surface area contributed by atoms with Crippen LogP contribution in [0.15, 0.2) is 70.2 Å². The van der Waals surface area contributed by atoms with E-state index in [2.05, 4.69) is 20.4 Å². The largest absolute Gasteiger partial charge is 0.337 e. The fourth-order valence-corrected chi connectivity index (χ4v) is 4.08. The van der Waals surface area contributed by atoms with Crippen molar-refractivity contribution < 1.29 is 9.32 Å². The zero-order valence-corrected chi connectivity index (χ0v) is 17.6. The Bertz CT molecular complexity index is 1550. The highest BCUT2D eigenvalue weighted by atomic mass is 16.5. The molecule has 1 fully saturated rings. The van der Waals surface area contributed by atoms with Gasteiger partial charge >= 0.3 is 0 Å². The number of hydrogen-bond donors (Lipinski definition) is 1. The van der Waals surface area contributed by atoms with Gasteiger partial charge in [0.05, 0.1) is 11.8 Å². The van der Waals surface area contributed by atoms with Crippen molar-refractivity contribution in [3.05, 3.63) is 83.0 Å². The van der Waals surface area contributed by atoms with Crippen LogP contribution in [0.4, 0.5) is 5.69 Å². The summed E-state index contributed by atoms with van der Waals surface area (Å²) in [4.78, 5) is 35.3. The molecule has 5 aromatic rings. The number of carbonyl (C=O) groups excluding carboxylic acids is 1. The predicted molar refractivity (Wildman–Crippen MR) is 122 cm³/mol. The lowest BCUT2D eigenvalue weighted by Crippen LogP contribution is -2.25. The fraction of sp³-hybridized carbons (Fsp3) is 0.208. The number of rotatable bonds is 6. The SMILES string of the molecule is O=C(Cn1c2ccccc2c2ncn(Cc3nc(C4CC4)no3)c(=O)c21)Nc1ccccc1. The van der Waals surface area contributed by atoms with Crippen LogP contribution in [0.25, 0.3) is 21.9 Å². The third kappa shape index (κ3) is 3.57. The van der Waals surface area contributed by atoms with Crippen LogP contribution >= 0.6 is 0 Å². The van der Waals surface area contributed by atoms with Crippen molar-refractivity contribution in [2.24, 2.45) is 0 Å². The number of anilines is 1. The molecule has 1 aliphatic rings. The van der Waals surface area contributed by atoms with Crippen LogP contribution in [0.2, 0.25) is 0 Å². The number of aromatic nitrogens is 5. The van der Waals surface area contributed by atoms with E-state index in [0.717, 1.165) is 23.7 Å². The number of nitrogens with one attached hydrogen (secondary N) is 1. The second-order valence-corrected chi connectivity index (χ2v) is 8.21. The Morgan fingerprint density at radius 1 is 1.09 bits per heavy atom. The van der Waals surface area contributed by atoms with E-state index in [9.17, 15) is 9.59 Å². The maximum Gasteiger partial charge on any atom is 0.278 e. The minimum atomic E-state index is -0.269. The highest BCUT2D eigenvalue weighted by Crippen LogP contribution is 2.38. The Hall–Kier alpha value is -4.27. The van der Waals surface area contributed by atoms with E-state index in [1.165, 1.54) is 10.9 Å². The quantitative estimate of drug-likeness (QED) is 0.434. The lowest BCUT2D eigenvalue weighted by molar-refractivity contribution is -0.116. The Labute approximate surface area is 187 Å². The molecule has 1 aliphatic carbocycles. The molecule has 0 saturated heterocycles. The first-order valence-corrected chi connectivity index (χ1v) is 10.8. The van der Waals surface area contributed by atoms with Crippen LogP contribution in [-0.2, 0) is 17.9 Å². The van der Waals surface area contributed by atoms with Crippen LogP contribution in [-0.4, -0.2) is 30.2 Å². The minimum absolute atomic E-state index is 0.0216. The summed E-state index contributed by atoms with van der Waals surface area (Å²) >= 11 is 0. The predicted octanol–water partition coefficient (Wildman–Crippen LogP) is 3.30. The van der Waals surface area contributed by atoms with Gasteiger partial charge in [0.25, 0.3) is 5.56 Å². The molecular formula is C24H20N6O3. The molecule has 0 unspecified atom stereocenters. The van der Waals surface area contributed by atoms with Crippen molar-refractivity contribution in [1.29, 1.82) is 0 Å². The molecule has 0 radical (unpaired) electrons. The lowest BCUT2D eigenvalue weighted by Gasteiger charge is -2.09. The number of carbonyl (C=O) groups is 1. The normalized spacial score (nSPS) is 13.6. The van der Waals surface area contributed by atoms with Crippen LogP contribution in [0.5, 0.6) is 0 Å². The standard InChI is InChI=1S/C24H20N6O3/c31-19(26-16-6-2-1-3-7-16)12-30-18-9-5-4-8-17(18)21-22(30)24(32)29(14-25-21)13-20-27-23(28-33-20)15-10-11-15/h1-9,14-15H,10-13H2,(H,26,31). The number of amides is 1. The number of benzene rings is 2. The Morgan fingerprint density at radius 2 is 1.88 bits per heavy atom. The summed E-state index contributed by atoms with van der Waals surface area (Å²) in [5.74, 6) is 1.19. The van der Waals surface area contributed by atoms with Gasteiger partial charge in [-0.1, -0.05) is 41.6 Å². The van der Waals surface area contributed by atoms with Gasteiger partial charge in [-0.2, -0.15) is 4.98 Å². The topological polar surface area (TPSA) is 108 Å². The van der Waals surface area contributed by atoms with Gasteiger partial charge in [0.1, 0.15) is 24.1 Å². The average Bonchev–Trinajstić information content (AvgIpc) is 3.50. The first-order chi connectivity index (χ1) is 16.2. The zero-order chi connectivity index (χ0) is 22.4. The summed E-state index contributed by atoms with van der Waals surface area (Å²) in [5, 5.41) is 7.72. The minimum Gasteiger partial charge on any atom is -0.337 e. The van der Waals surface area contributed by atoms with Crippen molar-refractivity contribution >= 4 is 33.5 Å². The molecule has 164 valence electrons. The summed E-state index contributed by atoms with van der Waals surface area (Å²) in [7, 11) is 0. The van der Waals surface area contributed by atoms with Crippen molar-refractivity contribution in [3.8, 4) is 0 Å². The molecule has 2 aromatic carbocycles. The maximum atomic E-state index is 13.5. The zero-order valence-electron chi connectivity index (χ0n) is 17.6. The summed E-state index contributed by atoms with van der Waals surface area (Å²) in [6.07, 6.45) is 3.63. The van der Waals surface area contributed by atoms with E-state index < -0.39 is 0 Å². The van der Waals surface area contributed by atoms with E-state index in [4.69, 9.17) is 4.52 Å². The van der Waals surface area contributed by atoms with E-state index in [1.807, 2.05) is 54.6 Å². The fourth-order valence-electron chi connectivity index (χ4n) is 4.08. The monoisotopic (exact) mass is 440 g/mol. The molecule has 33 heavy (non-hydrogen) atoms. The molecule has 0 spiro atoms.